The summed E-state index contributed by atoms with van der Waals surface area (Å²) in [6, 6.07) is -0.818. The van der Waals surface area contributed by atoms with E-state index in [4.69, 9.17) is 5.11 Å². The fourth-order valence-electron chi connectivity index (χ4n) is 1.41. The van der Waals surface area contributed by atoms with Gasteiger partial charge >= 0.3 is 5.97 Å². The maximum Gasteiger partial charge on any atom is 0.326 e. The summed E-state index contributed by atoms with van der Waals surface area (Å²) in [5.74, 6) is -1.35. The van der Waals surface area contributed by atoms with Gasteiger partial charge < -0.3 is 10.4 Å². The Bertz CT molecular complexity index is 403. The summed E-state index contributed by atoms with van der Waals surface area (Å²) in [4.78, 5) is 22.8. The second-order valence-electron chi connectivity index (χ2n) is 3.82. The minimum atomic E-state index is -0.993. The van der Waals surface area contributed by atoms with Crippen molar-refractivity contribution >= 4 is 23.4 Å². The van der Waals surface area contributed by atoms with E-state index >= 15 is 0 Å². The second-order valence-corrected chi connectivity index (χ2v) is 4.45. The van der Waals surface area contributed by atoms with E-state index in [1.54, 1.807) is 12.3 Å². The third kappa shape index (κ3) is 3.81. The Hall–Kier alpha value is -1.43. The molecule has 6 heteroatoms. The van der Waals surface area contributed by atoms with Gasteiger partial charge in [-0.1, -0.05) is 19.8 Å². The van der Waals surface area contributed by atoms with Crippen molar-refractivity contribution in [1.82, 2.24) is 9.69 Å². The molecule has 2 N–H and O–H groups in total. The zero-order valence-electron chi connectivity index (χ0n) is 9.90. The van der Waals surface area contributed by atoms with E-state index in [2.05, 4.69) is 9.69 Å². The van der Waals surface area contributed by atoms with Crippen LogP contribution >= 0.6 is 11.5 Å². The van der Waals surface area contributed by atoms with E-state index < -0.39 is 12.0 Å². The number of nitrogens with zero attached hydrogens (tertiary/aromatic N) is 1. The third-order valence-corrected chi connectivity index (χ3v) is 3.16. The number of carboxylic acids is 1. The van der Waals surface area contributed by atoms with Crippen LogP contribution in [0.5, 0.6) is 0 Å². The molecule has 0 saturated carbocycles. The van der Waals surface area contributed by atoms with Gasteiger partial charge in [-0.2, -0.15) is 4.37 Å². The summed E-state index contributed by atoms with van der Waals surface area (Å²) in [5.41, 5.74) is 1.09. The third-order valence-electron chi connectivity index (χ3n) is 2.44. The zero-order chi connectivity index (χ0) is 12.8. The summed E-state index contributed by atoms with van der Waals surface area (Å²) in [5, 5.41) is 13.1. The van der Waals surface area contributed by atoms with E-state index in [-0.39, 0.29) is 5.91 Å². The van der Waals surface area contributed by atoms with Gasteiger partial charge in [-0.3, -0.25) is 4.79 Å². The standard InChI is InChI=1S/C11H16N2O3S/c1-3-4-5-9(11(15)16)12-10(14)8-6-17-13-7(8)2/h6,9H,3-5H2,1-2H3,(H,12,14)(H,15,16). The Balaban J connectivity index is 2.64. The fraction of sp³-hybridized carbons (Fsp3) is 0.545. The van der Waals surface area contributed by atoms with Gasteiger partial charge in [0.25, 0.3) is 5.91 Å². The van der Waals surface area contributed by atoms with Gasteiger partial charge in [-0.05, 0) is 24.9 Å². The zero-order valence-corrected chi connectivity index (χ0v) is 10.7. The molecular weight excluding hydrogens is 240 g/mol. The number of aliphatic carboxylic acids is 1. The number of carboxylic acid groups (broad SMARTS) is 1. The minimum absolute atomic E-state index is 0.361. The molecule has 0 bridgehead atoms. The van der Waals surface area contributed by atoms with Crippen LogP contribution in [0.2, 0.25) is 0 Å². The molecular formula is C11H16N2O3S. The van der Waals surface area contributed by atoms with Crippen molar-refractivity contribution in [3.8, 4) is 0 Å². The number of amides is 1. The summed E-state index contributed by atoms with van der Waals surface area (Å²) in [6.45, 7) is 3.71. The average Bonchev–Trinajstić information content (AvgIpc) is 2.70. The molecule has 1 aromatic heterocycles. The predicted molar refractivity (Wildman–Crippen MR) is 65.3 cm³/mol. The Morgan fingerprint density at radius 3 is 2.76 bits per heavy atom. The van der Waals surface area contributed by atoms with Gasteiger partial charge in [0.1, 0.15) is 6.04 Å². The molecule has 5 nitrogen and oxygen atoms in total. The van der Waals surface area contributed by atoms with E-state index in [1.165, 1.54) is 11.5 Å². The highest BCUT2D eigenvalue weighted by atomic mass is 32.1. The molecule has 17 heavy (non-hydrogen) atoms. The Morgan fingerprint density at radius 1 is 1.59 bits per heavy atom. The lowest BCUT2D eigenvalue weighted by atomic mass is 10.1. The van der Waals surface area contributed by atoms with Crippen LogP contribution in [-0.2, 0) is 4.79 Å². The smallest absolute Gasteiger partial charge is 0.326 e. The van der Waals surface area contributed by atoms with Crippen LogP contribution in [-0.4, -0.2) is 27.4 Å². The molecule has 1 atom stereocenters. The van der Waals surface area contributed by atoms with E-state index in [0.717, 1.165) is 12.8 Å². The number of carbonyl (C=O) groups excluding carboxylic acids is 1. The van der Waals surface area contributed by atoms with Crippen molar-refractivity contribution in [3.63, 3.8) is 0 Å². The van der Waals surface area contributed by atoms with Crippen LogP contribution in [0.3, 0.4) is 0 Å². The molecule has 1 unspecified atom stereocenters. The average molecular weight is 256 g/mol. The first-order valence-corrected chi connectivity index (χ1v) is 6.34. The molecule has 1 heterocycles. The monoisotopic (exact) mass is 256 g/mol. The van der Waals surface area contributed by atoms with Crippen molar-refractivity contribution < 1.29 is 14.7 Å². The number of nitrogens with one attached hydrogen (secondary N) is 1. The normalized spacial score (nSPS) is 12.1. The van der Waals surface area contributed by atoms with Crippen LogP contribution in [0.25, 0.3) is 0 Å². The molecule has 94 valence electrons. The van der Waals surface area contributed by atoms with Crippen molar-refractivity contribution in [2.24, 2.45) is 0 Å². The summed E-state index contributed by atoms with van der Waals surface area (Å²) in [6.07, 6.45) is 2.13. The maximum atomic E-state index is 11.8. The van der Waals surface area contributed by atoms with Crippen molar-refractivity contribution in [1.29, 1.82) is 0 Å². The number of unbranched alkanes of at least 4 members (excludes halogenated alkanes) is 1. The van der Waals surface area contributed by atoms with Gasteiger partial charge in [0.05, 0.1) is 11.3 Å². The molecule has 0 radical (unpaired) electrons. The molecule has 0 aliphatic heterocycles. The molecule has 0 aliphatic carbocycles. The SMILES string of the molecule is CCCCC(NC(=O)c1csnc1C)C(=O)O. The highest BCUT2D eigenvalue weighted by molar-refractivity contribution is 7.03. The van der Waals surface area contributed by atoms with Gasteiger partial charge in [-0.15, -0.1) is 0 Å². The minimum Gasteiger partial charge on any atom is -0.480 e. The summed E-state index contributed by atoms with van der Waals surface area (Å²) < 4.78 is 3.99. The molecule has 0 fully saturated rings. The first-order valence-electron chi connectivity index (χ1n) is 5.51. The number of hydrogen-bond donors (Lipinski definition) is 2. The number of rotatable bonds is 6. The molecule has 0 spiro atoms. The van der Waals surface area contributed by atoms with Gasteiger partial charge in [0, 0.05) is 5.38 Å². The summed E-state index contributed by atoms with van der Waals surface area (Å²) in [7, 11) is 0. The first kappa shape index (κ1) is 13.6. The van der Waals surface area contributed by atoms with E-state index in [0.29, 0.717) is 17.7 Å². The maximum absolute atomic E-state index is 11.8. The Morgan fingerprint density at radius 2 is 2.29 bits per heavy atom. The number of aryl methyl sites for hydroxylation is 1. The lowest BCUT2D eigenvalue weighted by molar-refractivity contribution is -0.139. The Labute approximate surface area is 104 Å². The predicted octanol–water partition coefficient (Wildman–Crippen LogP) is 1.82. The molecule has 1 rings (SSSR count). The van der Waals surface area contributed by atoms with E-state index in [9.17, 15) is 9.59 Å². The van der Waals surface area contributed by atoms with Crippen LogP contribution in [0.1, 0.15) is 42.2 Å². The number of aromatic nitrogens is 1. The second kappa shape index (κ2) is 6.34. The lowest BCUT2D eigenvalue weighted by Crippen LogP contribution is -2.40. The molecule has 0 aromatic carbocycles. The number of hydrogen-bond acceptors (Lipinski definition) is 4. The first-order chi connectivity index (χ1) is 8.06. The van der Waals surface area contributed by atoms with Gasteiger partial charge in [0.2, 0.25) is 0 Å². The van der Waals surface area contributed by atoms with Crippen molar-refractivity contribution in [3.05, 3.63) is 16.6 Å². The van der Waals surface area contributed by atoms with Gasteiger partial charge in [-0.25, -0.2) is 4.79 Å². The molecule has 1 amide bonds. The van der Waals surface area contributed by atoms with E-state index in [1.807, 2.05) is 6.92 Å². The lowest BCUT2D eigenvalue weighted by Gasteiger charge is -2.13. The van der Waals surface area contributed by atoms with Crippen LogP contribution < -0.4 is 5.32 Å². The topological polar surface area (TPSA) is 79.3 Å². The number of carbonyl (C=O) groups is 2. The van der Waals surface area contributed by atoms with Crippen molar-refractivity contribution in [2.75, 3.05) is 0 Å². The van der Waals surface area contributed by atoms with Crippen LogP contribution in [0.15, 0.2) is 5.38 Å². The van der Waals surface area contributed by atoms with Crippen molar-refractivity contribution in [2.45, 2.75) is 39.2 Å². The van der Waals surface area contributed by atoms with Crippen LogP contribution in [0.4, 0.5) is 0 Å². The Kier molecular flexibility index (Phi) is 5.09. The fourth-order valence-corrected chi connectivity index (χ4v) is 2.10. The van der Waals surface area contributed by atoms with Gasteiger partial charge in [0.15, 0.2) is 0 Å². The quantitative estimate of drug-likeness (QED) is 0.813. The largest absolute Gasteiger partial charge is 0.480 e. The summed E-state index contributed by atoms with van der Waals surface area (Å²) >= 11 is 1.19. The van der Waals surface area contributed by atoms with Crippen LogP contribution in [0, 0.1) is 6.92 Å². The highest BCUT2D eigenvalue weighted by Crippen LogP contribution is 2.10. The highest BCUT2D eigenvalue weighted by Gasteiger charge is 2.21. The molecule has 0 aliphatic rings. The molecule has 0 saturated heterocycles. The molecule has 1 aromatic rings.